The number of hydrogen-bond donors (Lipinski definition) is 1. The van der Waals surface area contributed by atoms with E-state index in [0.717, 1.165) is 5.56 Å². The zero-order valence-corrected chi connectivity index (χ0v) is 14.2. The van der Waals surface area contributed by atoms with Crippen LogP contribution in [0.1, 0.15) is 49.4 Å². The van der Waals surface area contributed by atoms with E-state index in [9.17, 15) is 4.79 Å². The van der Waals surface area contributed by atoms with Crippen LogP contribution in [0.2, 0.25) is 0 Å². The molecule has 2 rings (SSSR count). The fourth-order valence-corrected chi connectivity index (χ4v) is 2.31. The minimum Gasteiger partial charge on any atom is -0.484 e. The van der Waals surface area contributed by atoms with Crippen LogP contribution in [0.5, 0.6) is 5.75 Å². The Labute approximate surface area is 143 Å². The number of rotatable bonds is 6. The molecule has 0 aliphatic carbocycles. The number of carbonyl (C=O) groups is 1. The van der Waals surface area contributed by atoms with Crippen molar-refractivity contribution in [1.82, 2.24) is 5.32 Å². The average molecular weight is 322 g/mol. The average Bonchev–Trinajstić information content (AvgIpc) is 2.60. The summed E-state index contributed by atoms with van der Waals surface area (Å²) >= 11 is 0. The van der Waals surface area contributed by atoms with Gasteiger partial charge in [-0.3, -0.25) is 4.79 Å². The maximum atomic E-state index is 12.0. The second kappa shape index (κ2) is 8.16. The molecule has 0 spiro atoms. The molecule has 4 heteroatoms. The number of benzene rings is 2. The zero-order valence-electron chi connectivity index (χ0n) is 14.2. The van der Waals surface area contributed by atoms with Crippen molar-refractivity contribution >= 4 is 5.91 Å². The quantitative estimate of drug-likeness (QED) is 0.876. The van der Waals surface area contributed by atoms with E-state index >= 15 is 0 Å². The van der Waals surface area contributed by atoms with Crippen molar-refractivity contribution in [2.75, 3.05) is 6.61 Å². The van der Waals surface area contributed by atoms with Gasteiger partial charge in [-0.2, -0.15) is 5.26 Å². The molecule has 0 radical (unpaired) electrons. The molecule has 1 atom stereocenters. The summed E-state index contributed by atoms with van der Waals surface area (Å²) in [5.74, 6) is 0.877. The van der Waals surface area contributed by atoms with E-state index < -0.39 is 0 Å². The van der Waals surface area contributed by atoms with E-state index in [2.05, 4.69) is 31.3 Å². The van der Waals surface area contributed by atoms with Gasteiger partial charge in [-0.25, -0.2) is 0 Å². The molecule has 24 heavy (non-hydrogen) atoms. The Morgan fingerprint density at radius 1 is 1.04 bits per heavy atom. The highest BCUT2D eigenvalue weighted by molar-refractivity contribution is 5.78. The Balaban J connectivity index is 1.85. The molecule has 4 nitrogen and oxygen atoms in total. The van der Waals surface area contributed by atoms with E-state index in [1.54, 1.807) is 24.3 Å². The normalized spacial score (nSPS) is 11.6. The highest BCUT2D eigenvalue weighted by atomic mass is 16.5. The highest BCUT2D eigenvalue weighted by Crippen LogP contribution is 2.18. The van der Waals surface area contributed by atoms with Crippen molar-refractivity contribution in [3.8, 4) is 11.8 Å². The Morgan fingerprint density at radius 2 is 1.62 bits per heavy atom. The van der Waals surface area contributed by atoms with Gasteiger partial charge in [0.15, 0.2) is 6.61 Å². The Hall–Kier alpha value is -2.80. The molecule has 0 saturated carbocycles. The predicted octanol–water partition coefficient (Wildman–Crippen LogP) is 3.94. The van der Waals surface area contributed by atoms with Gasteiger partial charge in [0.25, 0.3) is 5.91 Å². The first-order valence-electron chi connectivity index (χ1n) is 8.01. The largest absolute Gasteiger partial charge is 0.484 e. The first kappa shape index (κ1) is 17.6. The summed E-state index contributed by atoms with van der Waals surface area (Å²) in [7, 11) is 0. The van der Waals surface area contributed by atoms with Crippen molar-refractivity contribution in [3.63, 3.8) is 0 Å². The molecule has 2 aromatic rings. The lowest BCUT2D eigenvalue weighted by Crippen LogP contribution is -2.31. The molecular formula is C20H22N2O2. The number of nitrogens with one attached hydrogen (secondary N) is 1. The summed E-state index contributed by atoms with van der Waals surface area (Å²) in [4.78, 5) is 12.0. The van der Waals surface area contributed by atoms with Crippen LogP contribution in [0, 0.1) is 11.3 Å². The zero-order chi connectivity index (χ0) is 17.5. The van der Waals surface area contributed by atoms with Crippen LogP contribution in [0.15, 0.2) is 48.5 Å². The second-order valence-electron chi connectivity index (χ2n) is 6.04. The molecule has 0 bridgehead atoms. The Kier molecular flexibility index (Phi) is 5.97. The summed E-state index contributed by atoms with van der Waals surface area (Å²) in [5, 5.41) is 11.7. The summed E-state index contributed by atoms with van der Waals surface area (Å²) in [5.41, 5.74) is 2.90. The van der Waals surface area contributed by atoms with Gasteiger partial charge in [0.05, 0.1) is 17.7 Å². The van der Waals surface area contributed by atoms with E-state index in [1.807, 2.05) is 25.1 Å². The van der Waals surface area contributed by atoms with E-state index in [-0.39, 0.29) is 18.6 Å². The summed E-state index contributed by atoms with van der Waals surface area (Å²) in [6, 6.07) is 16.9. The van der Waals surface area contributed by atoms with Gasteiger partial charge in [-0.1, -0.05) is 38.1 Å². The van der Waals surface area contributed by atoms with Crippen molar-refractivity contribution in [1.29, 1.82) is 5.26 Å². The maximum absolute atomic E-state index is 12.0. The number of carbonyl (C=O) groups excluding carboxylic acids is 1. The number of hydrogen-bond acceptors (Lipinski definition) is 3. The van der Waals surface area contributed by atoms with E-state index in [0.29, 0.717) is 17.2 Å². The van der Waals surface area contributed by atoms with Gasteiger partial charge in [-0.05, 0) is 48.2 Å². The highest BCUT2D eigenvalue weighted by Gasteiger charge is 2.10. The molecular weight excluding hydrogens is 300 g/mol. The second-order valence-corrected chi connectivity index (χ2v) is 6.04. The molecule has 0 saturated heterocycles. The number of nitrogens with zero attached hydrogens (tertiary/aromatic N) is 1. The summed E-state index contributed by atoms with van der Waals surface area (Å²) in [6.07, 6.45) is 0. The third-order valence-electron chi connectivity index (χ3n) is 3.83. The van der Waals surface area contributed by atoms with Gasteiger partial charge in [-0.15, -0.1) is 0 Å². The first-order chi connectivity index (χ1) is 11.5. The maximum Gasteiger partial charge on any atom is 0.258 e. The SMILES string of the molecule is CC(C)c1ccc(C(C)NC(=O)COc2ccc(C#N)cc2)cc1. The van der Waals surface area contributed by atoms with E-state index in [4.69, 9.17) is 10.00 Å². The molecule has 0 heterocycles. The third kappa shape index (κ3) is 4.85. The molecule has 124 valence electrons. The van der Waals surface area contributed by atoms with Crippen molar-refractivity contribution in [3.05, 3.63) is 65.2 Å². The molecule has 1 unspecified atom stereocenters. The lowest BCUT2D eigenvalue weighted by atomic mass is 9.99. The molecule has 0 aliphatic rings. The van der Waals surface area contributed by atoms with Crippen LogP contribution >= 0.6 is 0 Å². The number of amides is 1. The molecule has 1 amide bonds. The van der Waals surface area contributed by atoms with Crippen LogP contribution in [0.4, 0.5) is 0 Å². The fourth-order valence-electron chi connectivity index (χ4n) is 2.31. The van der Waals surface area contributed by atoms with Crippen molar-refractivity contribution < 1.29 is 9.53 Å². The van der Waals surface area contributed by atoms with Crippen LogP contribution < -0.4 is 10.1 Å². The topological polar surface area (TPSA) is 62.1 Å². The fraction of sp³-hybridized carbons (Fsp3) is 0.300. The minimum absolute atomic E-state index is 0.0552. The van der Waals surface area contributed by atoms with Crippen molar-refractivity contribution in [2.45, 2.75) is 32.7 Å². The van der Waals surface area contributed by atoms with E-state index in [1.165, 1.54) is 5.56 Å². The van der Waals surface area contributed by atoms with Crippen LogP contribution in [0.3, 0.4) is 0 Å². The Morgan fingerprint density at radius 3 is 2.17 bits per heavy atom. The number of nitriles is 1. The van der Waals surface area contributed by atoms with Gasteiger partial charge in [0.2, 0.25) is 0 Å². The standard InChI is InChI=1S/C20H22N2O2/c1-14(2)17-6-8-18(9-7-17)15(3)22-20(23)13-24-19-10-4-16(12-21)5-11-19/h4-11,14-15H,13H2,1-3H3,(H,22,23). The minimum atomic E-state index is -0.181. The summed E-state index contributed by atoms with van der Waals surface area (Å²) in [6.45, 7) is 6.20. The lowest BCUT2D eigenvalue weighted by molar-refractivity contribution is -0.123. The van der Waals surface area contributed by atoms with Gasteiger partial charge in [0.1, 0.15) is 5.75 Å². The molecule has 0 aromatic heterocycles. The lowest BCUT2D eigenvalue weighted by Gasteiger charge is -2.16. The smallest absolute Gasteiger partial charge is 0.258 e. The Bertz CT molecular complexity index is 713. The molecule has 2 aromatic carbocycles. The molecule has 0 fully saturated rings. The monoisotopic (exact) mass is 322 g/mol. The van der Waals surface area contributed by atoms with Gasteiger partial charge in [0, 0.05) is 0 Å². The first-order valence-corrected chi connectivity index (χ1v) is 8.01. The molecule has 1 N–H and O–H groups in total. The third-order valence-corrected chi connectivity index (χ3v) is 3.83. The van der Waals surface area contributed by atoms with Crippen LogP contribution in [-0.4, -0.2) is 12.5 Å². The molecule has 0 aliphatic heterocycles. The summed E-state index contributed by atoms with van der Waals surface area (Å²) < 4.78 is 5.43. The number of ether oxygens (including phenoxy) is 1. The van der Waals surface area contributed by atoms with Crippen LogP contribution in [-0.2, 0) is 4.79 Å². The van der Waals surface area contributed by atoms with Crippen molar-refractivity contribution in [2.24, 2.45) is 0 Å². The van der Waals surface area contributed by atoms with Gasteiger partial charge >= 0.3 is 0 Å². The predicted molar refractivity (Wildman–Crippen MR) is 93.7 cm³/mol. The van der Waals surface area contributed by atoms with Crippen LogP contribution in [0.25, 0.3) is 0 Å². The van der Waals surface area contributed by atoms with Gasteiger partial charge < -0.3 is 10.1 Å².